The van der Waals surface area contributed by atoms with Gasteiger partial charge in [-0.15, -0.1) is 23.7 Å². The molecule has 0 radical (unpaired) electrons. The Balaban J connectivity index is 0.00000304. The van der Waals surface area contributed by atoms with Gasteiger partial charge in [-0.25, -0.2) is 4.68 Å². The monoisotopic (exact) mass is 541 g/mol. The number of ketones is 1. The van der Waals surface area contributed by atoms with Crippen LogP contribution in [-0.2, 0) is 32.7 Å². The number of Topliss-reactive ketones (excluding diaryl/α,β-unsaturated/α-hetero) is 1. The van der Waals surface area contributed by atoms with E-state index in [4.69, 9.17) is 16.3 Å². The summed E-state index contributed by atoms with van der Waals surface area (Å²) in [6.07, 6.45) is 2.37. The number of nitrogens with zero attached hydrogens (tertiary/aromatic N) is 3. The van der Waals surface area contributed by atoms with Crippen LogP contribution in [0.2, 0.25) is 5.02 Å². The first-order valence-corrected chi connectivity index (χ1v) is 12.6. The van der Waals surface area contributed by atoms with Crippen molar-refractivity contribution in [3.63, 3.8) is 0 Å². The zero-order valence-electron chi connectivity index (χ0n) is 19.4. The molecule has 9 heteroatoms. The third kappa shape index (κ3) is 6.23. The molecule has 0 saturated carbocycles. The number of thiophene rings is 1. The number of halogens is 2. The van der Waals surface area contributed by atoms with E-state index in [1.807, 2.05) is 60.7 Å². The Kier molecular flexibility index (Phi) is 8.59. The average Bonchev–Trinajstić information content (AvgIpc) is 3.30. The Bertz CT molecular complexity index is 1400. The Labute approximate surface area is 224 Å². The lowest BCUT2D eigenvalue weighted by Crippen LogP contribution is -2.29. The van der Waals surface area contributed by atoms with E-state index in [-0.39, 0.29) is 30.3 Å². The summed E-state index contributed by atoms with van der Waals surface area (Å²) in [7, 11) is 0. The molecule has 0 atom stereocenters. The van der Waals surface area contributed by atoms with Crippen LogP contribution in [0.25, 0.3) is 0 Å². The standard InChI is InChI=1S/C27H24ClN3O3S.ClH/c28-23-9-5-4-8-20(23)15-30-11-10-25-21(16-30)12-26(35-25)24(32)17-31-27(33)13-22(14-29-31)34-18-19-6-2-1-3-7-19;/h1-9,12-14H,10-11,15-18H2;1H. The van der Waals surface area contributed by atoms with Crippen molar-refractivity contribution in [3.8, 4) is 5.75 Å². The van der Waals surface area contributed by atoms with Crippen LogP contribution < -0.4 is 10.3 Å². The van der Waals surface area contributed by atoms with Crippen molar-refractivity contribution in [2.75, 3.05) is 6.54 Å². The average molecular weight is 542 g/mol. The van der Waals surface area contributed by atoms with E-state index in [9.17, 15) is 9.59 Å². The first-order valence-electron chi connectivity index (χ1n) is 11.4. The highest BCUT2D eigenvalue weighted by Crippen LogP contribution is 2.30. The van der Waals surface area contributed by atoms with E-state index in [0.717, 1.165) is 42.2 Å². The number of fused-ring (bicyclic) bond motifs is 1. The minimum Gasteiger partial charge on any atom is -0.487 e. The molecule has 0 bridgehead atoms. The summed E-state index contributed by atoms with van der Waals surface area (Å²) in [4.78, 5) is 29.7. The summed E-state index contributed by atoms with van der Waals surface area (Å²) in [5, 5.41) is 4.92. The van der Waals surface area contributed by atoms with Gasteiger partial charge >= 0.3 is 0 Å². The van der Waals surface area contributed by atoms with E-state index in [1.54, 1.807) is 0 Å². The zero-order chi connectivity index (χ0) is 24.2. The fraction of sp³-hybridized carbons (Fsp3) is 0.222. The third-order valence-corrected chi connectivity index (χ3v) is 7.61. The molecule has 3 heterocycles. The molecule has 5 rings (SSSR count). The van der Waals surface area contributed by atoms with Crippen LogP contribution in [0.5, 0.6) is 5.75 Å². The van der Waals surface area contributed by atoms with Gasteiger partial charge in [0.05, 0.1) is 11.1 Å². The predicted molar refractivity (Wildman–Crippen MR) is 144 cm³/mol. The van der Waals surface area contributed by atoms with Crippen LogP contribution in [0.15, 0.2) is 77.7 Å². The Morgan fingerprint density at radius 3 is 2.64 bits per heavy atom. The van der Waals surface area contributed by atoms with Crippen molar-refractivity contribution < 1.29 is 9.53 Å². The van der Waals surface area contributed by atoms with Crippen molar-refractivity contribution >= 4 is 41.1 Å². The molecule has 6 nitrogen and oxygen atoms in total. The first-order chi connectivity index (χ1) is 17.0. The van der Waals surface area contributed by atoms with Crippen LogP contribution in [0.4, 0.5) is 0 Å². The summed E-state index contributed by atoms with van der Waals surface area (Å²) in [5.41, 5.74) is 2.91. The molecule has 1 aliphatic rings. The second-order valence-electron chi connectivity index (χ2n) is 8.50. The number of hydrogen-bond acceptors (Lipinski definition) is 6. The van der Waals surface area contributed by atoms with E-state index >= 15 is 0 Å². The van der Waals surface area contributed by atoms with Crippen molar-refractivity contribution in [2.24, 2.45) is 0 Å². The molecule has 1 aliphatic heterocycles. The van der Waals surface area contributed by atoms with Crippen LogP contribution in [0.3, 0.4) is 0 Å². The molecule has 36 heavy (non-hydrogen) atoms. The molecular weight excluding hydrogens is 517 g/mol. The van der Waals surface area contributed by atoms with Crippen LogP contribution in [0, 0.1) is 0 Å². The first kappa shape index (κ1) is 26.1. The highest BCUT2D eigenvalue weighted by atomic mass is 35.5. The number of rotatable bonds is 8. The molecular formula is C27H25Cl2N3O3S. The van der Waals surface area contributed by atoms with Gasteiger partial charge in [0.15, 0.2) is 5.78 Å². The molecule has 2 aromatic heterocycles. The molecule has 0 saturated heterocycles. The molecule has 0 amide bonds. The smallest absolute Gasteiger partial charge is 0.270 e. The van der Waals surface area contributed by atoms with Gasteiger partial charge in [-0.2, -0.15) is 5.10 Å². The predicted octanol–water partition coefficient (Wildman–Crippen LogP) is 5.40. The zero-order valence-corrected chi connectivity index (χ0v) is 21.8. The molecule has 0 aliphatic carbocycles. The lowest BCUT2D eigenvalue weighted by Gasteiger charge is -2.27. The maximum atomic E-state index is 12.9. The largest absolute Gasteiger partial charge is 0.487 e. The van der Waals surface area contributed by atoms with Gasteiger partial charge < -0.3 is 4.74 Å². The molecule has 0 N–H and O–H groups in total. The van der Waals surface area contributed by atoms with Crippen molar-refractivity contribution in [2.45, 2.75) is 32.7 Å². The Hall–Kier alpha value is -2.97. The summed E-state index contributed by atoms with van der Waals surface area (Å²) in [6, 6.07) is 20.9. The van der Waals surface area contributed by atoms with Gasteiger partial charge in [0.2, 0.25) is 0 Å². The van der Waals surface area contributed by atoms with Crippen LogP contribution in [-0.4, -0.2) is 27.0 Å². The third-order valence-electron chi connectivity index (χ3n) is 5.96. The number of benzene rings is 2. The van der Waals surface area contributed by atoms with Gasteiger partial charge in [0.1, 0.15) is 18.9 Å². The number of carbonyl (C=O) groups is 1. The van der Waals surface area contributed by atoms with Crippen LogP contribution >= 0.6 is 35.3 Å². The normalized spacial score (nSPS) is 13.0. The molecule has 0 spiro atoms. The highest BCUT2D eigenvalue weighted by Gasteiger charge is 2.22. The lowest BCUT2D eigenvalue weighted by molar-refractivity contribution is 0.0969. The number of ether oxygens (including phenoxy) is 1. The van der Waals surface area contributed by atoms with Crippen molar-refractivity contribution in [1.82, 2.24) is 14.7 Å². The maximum Gasteiger partial charge on any atom is 0.270 e. The summed E-state index contributed by atoms with van der Waals surface area (Å²) in [5.74, 6) is 0.266. The molecule has 186 valence electrons. The van der Waals surface area contributed by atoms with E-state index < -0.39 is 0 Å². The fourth-order valence-corrected chi connectivity index (χ4v) is 5.39. The number of hydrogen-bond donors (Lipinski definition) is 0. The fourth-order valence-electron chi connectivity index (χ4n) is 4.10. The van der Waals surface area contributed by atoms with Gasteiger partial charge in [-0.3, -0.25) is 14.5 Å². The molecule has 2 aromatic carbocycles. The second-order valence-corrected chi connectivity index (χ2v) is 10.0. The quantitative estimate of drug-likeness (QED) is 0.279. The minimum absolute atomic E-state index is 0. The van der Waals surface area contributed by atoms with Crippen molar-refractivity contribution in [3.05, 3.63) is 115 Å². The van der Waals surface area contributed by atoms with Gasteiger partial charge in [0.25, 0.3) is 5.56 Å². The second kappa shape index (κ2) is 11.8. The lowest BCUT2D eigenvalue weighted by atomic mass is 10.1. The van der Waals surface area contributed by atoms with Gasteiger partial charge in [0, 0.05) is 35.6 Å². The summed E-state index contributed by atoms with van der Waals surface area (Å²) in [6.45, 7) is 2.71. The molecule has 0 fully saturated rings. The van der Waals surface area contributed by atoms with E-state index in [2.05, 4.69) is 10.00 Å². The topological polar surface area (TPSA) is 64.4 Å². The number of carbonyl (C=O) groups excluding carboxylic acids is 1. The maximum absolute atomic E-state index is 12.9. The van der Waals surface area contributed by atoms with Crippen molar-refractivity contribution in [1.29, 1.82) is 0 Å². The Morgan fingerprint density at radius 1 is 1.08 bits per heavy atom. The van der Waals surface area contributed by atoms with Gasteiger partial charge in [-0.1, -0.05) is 60.1 Å². The highest BCUT2D eigenvalue weighted by molar-refractivity contribution is 7.14. The van der Waals surface area contributed by atoms with Gasteiger partial charge in [-0.05, 0) is 35.2 Å². The van der Waals surface area contributed by atoms with E-state index in [0.29, 0.717) is 17.2 Å². The number of aromatic nitrogens is 2. The van der Waals surface area contributed by atoms with E-state index in [1.165, 1.54) is 38.7 Å². The Morgan fingerprint density at radius 2 is 1.86 bits per heavy atom. The summed E-state index contributed by atoms with van der Waals surface area (Å²) >= 11 is 7.84. The minimum atomic E-state index is -0.365. The molecule has 0 unspecified atom stereocenters. The summed E-state index contributed by atoms with van der Waals surface area (Å²) < 4.78 is 6.84. The van der Waals surface area contributed by atoms with Crippen LogP contribution in [0.1, 0.15) is 31.2 Å². The SMILES string of the molecule is Cl.O=C(Cn1ncc(OCc2ccccc2)cc1=O)c1cc2c(s1)CCN(Cc1ccccc1Cl)C2. The molecule has 4 aromatic rings.